The van der Waals surface area contributed by atoms with Gasteiger partial charge in [-0.2, -0.15) is 15.0 Å². The zero-order chi connectivity index (χ0) is 10.8. The van der Waals surface area contributed by atoms with Gasteiger partial charge in [0.15, 0.2) is 0 Å². The van der Waals surface area contributed by atoms with Gasteiger partial charge in [0, 0.05) is 13.0 Å². The highest BCUT2D eigenvalue weighted by Crippen LogP contribution is 2.23. The van der Waals surface area contributed by atoms with E-state index in [0.717, 1.165) is 12.8 Å². The van der Waals surface area contributed by atoms with E-state index in [2.05, 4.69) is 25.6 Å². The molecule has 1 aliphatic rings. The zero-order valence-electron chi connectivity index (χ0n) is 8.32. The highest BCUT2D eigenvalue weighted by Gasteiger charge is 2.22. The number of anilines is 3. The number of aromatic nitrogens is 3. The number of carbonyl (C=O) groups excluding carboxylic acids is 1. The number of carbonyl (C=O) groups is 1. The van der Waals surface area contributed by atoms with Crippen LogP contribution in [0.5, 0.6) is 0 Å². The van der Waals surface area contributed by atoms with Gasteiger partial charge in [0.2, 0.25) is 23.8 Å². The normalized spacial score (nSPS) is 14.7. The van der Waals surface area contributed by atoms with Crippen molar-refractivity contribution in [2.75, 3.05) is 16.4 Å². The third-order valence-electron chi connectivity index (χ3n) is 1.85. The maximum atomic E-state index is 10.8. The Morgan fingerprint density at radius 1 is 1.33 bits per heavy atom. The Hall–Kier alpha value is -1.92. The van der Waals surface area contributed by atoms with Crippen LogP contribution in [0.4, 0.5) is 17.8 Å². The predicted octanol–water partition coefficient (Wildman–Crippen LogP) is -0.0135. The molecular formula is C8H12N6O. The van der Waals surface area contributed by atoms with Crippen LogP contribution in [0.15, 0.2) is 0 Å². The summed E-state index contributed by atoms with van der Waals surface area (Å²) in [6.45, 7) is 1.38. The van der Waals surface area contributed by atoms with Crippen LogP contribution in [-0.2, 0) is 4.79 Å². The first-order valence-corrected chi connectivity index (χ1v) is 4.69. The minimum Gasteiger partial charge on any atom is -0.368 e. The summed E-state index contributed by atoms with van der Waals surface area (Å²) in [6.07, 6.45) is 2.22. The van der Waals surface area contributed by atoms with Gasteiger partial charge < -0.3 is 11.1 Å². The number of nitrogens with one attached hydrogen (secondary N) is 2. The highest BCUT2D eigenvalue weighted by molar-refractivity contribution is 5.86. The van der Waals surface area contributed by atoms with Crippen molar-refractivity contribution in [1.82, 2.24) is 15.0 Å². The van der Waals surface area contributed by atoms with Crippen LogP contribution in [-0.4, -0.2) is 26.9 Å². The molecule has 80 valence electrons. The first-order chi connectivity index (χ1) is 7.13. The SMILES string of the molecule is CC(=O)Nc1nc(N)nc(NC2CC2)n1. The summed E-state index contributed by atoms with van der Waals surface area (Å²) in [6, 6.07) is 0.428. The third kappa shape index (κ3) is 2.76. The maximum absolute atomic E-state index is 10.8. The smallest absolute Gasteiger partial charge is 0.236 e. The van der Waals surface area contributed by atoms with E-state index in [-0.39, 0.29) is 17.8 Å². The van der Waals surface area contributed by atoms with E-state index in [0.29, 0.717) is 12.0 Å². The topological polar surface area (TPSA) is 106 Å². The van der Waals surface area contributed by atoms with Crippen molar-refractivity contribution < 1.29 is 4.79 Å². The first-order valence-electron chi connectivity index (χ1n) is 4.69. The van der Waals surface area contributed by atoms with E-state index in [9.17, 15) is 4.79 Å². The average Bonchev–Trinajstić information content (AvgIpc) is 2.85. The fraction of sp³-hybridized carbons (Fsp3) is 0.500. The van der Waals surface area contributed by atoms with Crippen molar-refractivity contribution in [3.63, 3.8) is 0 Å². The summed E-state index contributed by atoms with van der Waals surface area (Å²) in [5.74, 6) is 0.446. The van der Waals surface area contributed by atoms with E-state index in [1.165, 1.54) is 6.92 Å². The first kappa shape index (κ1) is 9.63. The van der Waals surface area contributed by atoms with Crippen LogP contribution in [0.25, 0.3) is 0 Å². The number of nitrogen functional groups attached to an aromatic ring is 1. The highest BCUT2D eigenvalue weighted by atomic mass is 16.1. The van der Waals surface area contributed by atoms with Gasteiger partial charge in [0.05, 0.1) is 0 Å². The molecule has 0 aliphatic heterocycles. The Morgan fingerprint density at radius 3 is 2.60 bits per heavy atom. The third-order valence-corrected chi connectivity index (χ3v) is 1.85. The summed E-state index contributed by atoms with van der Waals surface area (Å²) in [4.78, 5) is 22.5. The van der Waals surface area contributed by atoms with Crippen molar-refractivity contribution in [2.45, 2.75) is 25.8 Å². The van der Waals surface area contributed by atoms with Crippen molar-refractivity contribution in [2.24, 2.45) is 0 Å². The number of amides is 1. The molecule has 0 radical (unpaired) electrons. The molecule has 0 unspecified atom stereocenters. The van der Waals surface area contributed by atoms with Crippen molar-refractivity contribution in [3.8, 4) is 0 Å². The zero-order valence-corrected chi connectivity index (χ0v) is 8.32. The van der Waals surface area contributed by atoms with Gasteiger partial charge in [-0.25, -0.2) is 0 Å². The number of nitrogens with zero attached hydrogens (tertiary/aromatic N) is 3. The quantitative estimate of drug-likeness (QED) is 0.645. The van der Waals surface area contributed by atoms with Gasteiger partial charge in [-0.3, -0.25) is 10.1 Å². The number of nitrogens with two attached hydrogens (primary N) is 1. The van der Waals surface area contributed by atoms with Crippen molar-refractivity contribution in [1.29, 1.82) is 0 Å². The molecule has 1 saturated carbocycles. The van der Waals surface area contributed by atoms with Crippen LogP contribution in [0.1, 0.15) is 19.8 Å². The van der Waals surface area contributed by atoms with E-state index >= 15 is 0 Å². The lowest BCUT2D eigenvalue weighted by molar-refractivity contribution is -0.114. The second-order valence-electron chi connectivity index (χ2n) is 3.44. The average molecular weight is 208 g/mol. The molecule has 0 bridgehead atoms. The Balaban J connectivity index is 2.15. The van der Waals surface area contributed by atoms with Crippen LogP contribution in [0, 0.1) is 0 Å². The summed E-state index contributed by atoms with van der Waals surface area (Å²) in [5, 5.41) is 5.54. The van der Waals surface area contributed by atoms with Crippen LogP contribution in [0.3, 0.4) is 0 Å². The second kappa shape index (κ2) is 3.68. The van der Waals surface area contributed by atoms with Gasteiger partial charge in [-0.15, -0.1) is 0 Å². The Kier molecular flexibility index (Phi) is 2.36. The van der Waals surface area contributed by atoms with E-state index in [4.69, 9.17) is 5.73 Å². The minimum absolute atomic E-state index is 0.0944. The fourth-order valence-corrected chi connectivity index (χ4v) is 1.08. The molecule has 0 aromatic carbocycles. The summed E-state index contributed by atoms with van der Waals surface area (Å²) >= 11 is 0. The van der Waals surface area contributed by atoms with Gasteiger partial charge in [-0.1, -0.05) is 0 Å². The maximum Gasteiger partial charge on any atom is 0.236 e. The van der Waals surface area contributed by atoms with Crippen LogP contribution < -0.4 is 16.4 Å². The lowest BCUT2D eigenvalue weighted by Gasteiger charge is -2.05. The van der Waals surface area contributed by atoms with Gasteiger partial charge >= 0.3 is 0 Å². The molecule has 0 spiro atoms. The second-order valence-corrected chi connectivity index (χ2v) is 3.44. The molecular weight excluding hydrogens is 196 g/mol. The van der Waals surface area contributed by atoms with Crippen molar-refractivity contribution in [3.05, 3.63) is 0 Å². The number of hydrogen-bond donors (Lipinski definition) is 3. The molecule has 1 aromatic heterocycles. The standard InChI is InChI=1S/C8H12N6O/c1-4(15)10-7-12-6(9)13-8(14-7)11-5-2-3-5/h5H,2-3H2,1H3,(H4,9,10,11,12,13,14,15). The molecule has 1 aromatic rings. The Bertz CT molecular complexity index is 389. The monoisotopic (exact) mass is 208 g/mol. The lowest BCUT2D eigenvalue weighted by Crippen LogP contribution is -2.14. The Morgan fingerprint density at radius 2 is 2.00 bits per heavy atom. The van der Waals surface area contributed by atoms with Gasteiger partial charge in [0.25, 0.3) is 0 Å². The van der Waals surface area contributed by atoms with E-state index in [1.807, 2.05) is 0 Å². The van der Waals surface area contributed by atoms with E-state index < -0.39 is 0 Å². The molecule has 1 fully saturated rings. The van der Waals surface area contributed by atoms with Gasteiger partial charge in [-0.05, 0) is 12.8 Å². The molecule has 0 saturated heterocycles. The molecule has 1 amide bonds. The largest absolute Gasteiger partial charge is 0.368 e. The number of hydrogen-bond acceptors (Lipinski definition) is 6. The number of rotatable bonds is 3. The van der Waals surface area contributed by atoms with Crippen LogP contribution in [0.2, 0.25) is 0 Å². The summed E-state index contributed by atoms with van der Waals surface area (Å²) < 4.78 is 0. The summed E-state index contributed by atoms with van der Waals surface area (Å²) in [7, 11) is 0. The van der Waals surface area contributed by atoms with Crippen LogP contribution >= 0.6 is 0 Å². The minimum atomic E-state index is -0.238. The molecule has 4 N–H and O–H groups in total. The molecule has 1 aliphatic carbocycles. The van der Waals surface area contributed by atoms with Crippen molar-refractivity contribution >= 4 is 23.8 Å². The summed E-state index contributed by atoms with van der Waals surface area (Å²) in [5.41, 5.74) is 5.48. The molecule has 7 heteroatoms. The molecule has 1 heterocycles. The fourth-order valence-electron chi connectivity index (χ4n) is 1.08. The van der Waals surface area contributed by atoms with Gasteiger partial charge in [0.1, 0.15) is 0 Å². The Labute approximate surface area is 86.5 Å². The molecule has 15 heavy (non-hydrogen) atoms. The molecule has 7 nitrogen and oxygen atoms in total. The predicted molar refractivity (Wildman–Crippen MR) is 55.2 cm³/mol. The lowest BCUT2D eigenvalue weighted by atomic mass is 10.6. The molecule has 0 atom stereocenters. The molecule has 2 rings (SSSR count). The van der Waals surface area contributed by atoms with E-state index in [1.54, 1.807) is 0 Å².